The quantitative estimate of drug-likeness (QED) is 0.721. The molecule has 0 amide bonds. The third-order valence-electron chi connectivity index (χ3n) is 2.92. The zero-order valence-electron chi connectivity index (χ0n) is 10.6. The van der Waals surface area contributed by atoms with Crippen molar-refractivity contribution in [3.63, 3.8) is 0 Å². The minimum Gasteiger partial charge on any atom is -0.292 e. The predicted molar refractivity (Wildman–Crippen MR) is 67.0 cm³/mol. The average Bonchev–Trinajstić information content (AvgIpc) is 2.18. The number of hydrogen-bond acceptors (Lipinski definition) is 1. The Morgan fingerprint density at radius 3 is 1.67 bits per heavy atom. The van der Waals surface area contributed by atoms with Gasteiger partial charge in [-0.15, -0.1) is 0 Å². The number of benzene rings is 1. The van der Waals surface area contributed by atoms with Crippen LogP contribution in [0.3, 0.4) is 0 Å². The molecule has 0 N–H and O–H groups in total. The lowest BCUT2D eigenvalue weighted by Crippen LogP contribution is -2.38. The normalized spacial score (nSPS) is 13.9. The Morgan fingerprint density at radius 2 is 1.27 bits per heavy atom. The van der Waals surface area contributed by atoms with Crippen LogP contribution in [0, 0.1) is 0 Å². The van der Waals surface area contributed by atoms with Gasteiger partial charge in [-0.3, -0.25) is 4.90 Å². The molecule has 1 aromatic rings. The van der Waals surface area contributed by atoms with Crippen LogP contribution in [-0.4, -0.2) is 17.0 Å². The minimum atomic E-state index is 0.492. The maximum absolute atomic E-state index is 2.54. The summed E-state index contributed by atoms with van der Waals surface area (Å²) >= 11 is 0. The van der Waals surface area contributed by atoms with Crippen LogP contribution in [0.2, 0.25) is 0 Å². The second kappa shape index (κ2) is 5.32. The summed E-state index contributed by atoms with van der Waals surface area (Å²) in [4.78, 5) is 2.54. The molecule has 0 saturated heterocycles. The zero-order valence-corrected chi connectivity index (χ0v) is 10.6. The highest BCUT2D eigenvalue weighted by molar-refractivity contribution is 5.18. The highest BCUT2D eigenvalue weighted by atomic mass is 15.2. The summed E-state index contributed by atoms with van der Waals surface area (Å²) in [6.07, 6.45) is 0. The molecule has 0 aliphatic rings. The molecule has 0 fully saturated rings. The van der Waals surface area contributed by atoms with Gasteiger partial charge in [0.15, 0.2) is 0 Å². The predicted octanol–water partition coefficient (Wildman–Crippen LogP) is 3.87. The highest BCUT2D eigenvalue weighted by Crippen LogP contribution is 2.24. The fraction of sp³-hybridized carbons (Fsp3) is 0.571. The largest absolute Gasteiger partial charge is 0.292 e. The van der Waals surface area contributed by atoms with Crippen LogP contribution < -0.4 is 0 Å². The average molecular weight is 205 g/mol. The van der Waals surface area contributed by atoms with Crippen molar-refractivity contribution in [1.82, 2.24) is 4.90 Å². The number of nitrogens with zero attached hydrogens (tertiary/aromatic N) is 1. The lowest BCUT2D eigenvalue weighted by molar-refractivity contribution is 0.123. The Balaban J connectivity index is 2.86. The summed E-state index contributed by atoms with van der Waals surface area (Å²) in [6.45, 7) is 11.3. The molecule has 1 atom stereocenters. The summed E-state index contributed by atoms with van der Waals surface area (Å²) in [5.74, 6) is 0. The molecule has 1 nitrogen and oxygen atoms in total. The second-order valence-corrected chi connectivity index (χ2v) is 4.72. The van der Waals surface area contributed by atoms with Crippen molar-refractivity contribution in [2.24, 2.45) is 0 Å². The maximum Gasteiger partial charge on any atom is 0.0325 e. The van der Waals surface area contributed by atoms with Gasteiger partial charge in [-0.1, -0.05) is 30.3 Å². The smallest absolute Gasteiger partial charge is 0.0325 e. The van der Waals surface area contributed by atoms with Crippen LogP contribution in [-0.2, 0) is 0 Å². The number of hydrogen-bond donors (Lipinski definition) is 0. The van der Waals surface area contributed by atoms with E-state index in [4.69, 9.17) is 0 Å². The minimum absolute atomic E-state index is 0.492. The first-order valence-electron chi connectivity index (χ1n) is 5.86. The molecule has 1 aromatic carbocycles. The second-order valence-electron chi connectivity index (χ2n) is 4.72. The van der Waals surface area contributed by atoms with Gasteiger partial charge in [0, 0.05) is 18.1 Å². The Bertz CT molecular complexity index is 269. The molecular formula is C14H23N. The molecule has 1 heteroatoms. The fourth-order valence-corrected chi connectivity index (χ4v) is 2.39. The lowest BCUT2D eigenvalue weighted by atomic mass is 10.0. The molecule has 84 valence electrons. The van der Waals surface area contributed by atoms with E-state index < -0.39 is 0 Å². The van der Waals surface area contributed by atoms with Crippen LogP contribution in [0.4, 0.5) is 0 Å². The van der Waals surface area contributed by atoms with Gasteiger partial charge in [-0.05, 0) is 40.2 Å². The Labute approximate surface area is 94.1 Å². The van der Waals surface area contributed by atoms with E-state index in [2.05, 4.69) is 69.9 Å². The summed E-state index contributed by atoms with van der Waals surface area (Å²) < 4.78 is 0. The van der Waals surface area contributed by atoms with Gasteiger partial charge in [0.05, 0.1) is 0 Å². The molecule has 0 aromatic heterocycles. The van der Waals surface area contributed by atoms with Gasteiger partial charge in [0.25, 0.3) is 0 Å². The molecule has 0 radical (unpaired) electrons. The molecule has 0 aliphatic carbocycles. The van der Waals surface area contributed by atoms with Crippen LogP contribution in [0.1, 0.15) is 46.2 Å². The van der Waals surface area contributed by atoms with Gasteiger partial charge < -0.3 is 0 Å². The fourth-order valence-electron chi connectivity index (χ4n) is 2.39. The van der Waals surface area contributed by atoms with E-state index in [0.29, 0.717) is 18.1 Å². The van der Waals surface area contributed by atoms with E-state index in [1.54, 1.807) is 0 Å². The lowest BCUT2D eigenvalue weighted by Gasteiger charge is -2.36. The van der Waals surface area contributed by atoms with Gasteiger partial charge in [-0.25, -0.2) is 0 Å². The van der Waals surface area contributed by atoms with Crippen molar-refractivity contribution in [1.29, 1.82) is 0 Å². The third kappa shape index (κ3) is 3.07. The Kier molecular flexibility index (Phi) is 4.34. The highest BCUT2D eigenvalue weighted by Gasteiger charge is 2.20. The van der Waals surface area contributed by atoms with Gasteiger partial charge >= 0.3 is 0 Å². The monoisotopic (exact) mass is 205 g/mol. The van der Waals surface area contributed by atoms with E-state index in [-0.39, 0.29) is 0 Å². The van der Waals surface area contributed by atoms with Crippen molar-refractivity contribution in [3.8, 4) is 0 Å². The van der Waals surface area contributed by atoms with Gasteiger partial charge in [0.1, 0.15) is 0 Å². The first-order valence-corrected chi connectivity index (χ1v) is 5.86. The molecule has 0 saturated carbocycles. The zero-order chi connectivity index (χ0) is 11.4. The third-order valence-corrected chi connectivity index (χ3v) is 2.92. The maximum atomic E-state index is 2.54. The Hall–Kier alpha value is -0.820. The molecule has 15 heavy (non-hydrogen) atoms. The molecule has 1 rings (SSSR count). The van der Waals surface area contributed by atoms with E-state index in [1.165, 1.54) is 5.56 Å². The first kappa shape index (κ1) is 12.3. The first-order chi connectivity index (χ1) is 7.04. The van der Waals surface area contributed by atoms with E-state index in [9.17, 15) is 0 Å². The van der Waals surface area contributed by atoms with Crippen molar-refractivity contribution in [2.75, 3.05) is 0 Å². The van der Waals surface area contributed by atoms with Crippen LogP contribution in [0.5, 0.6) is 0 Å². The van der Waals surface area contributed by atoms with Gasteiger partial charge in [0.2, 0.25) is 0 Å². The molecule has 0 spiro atoms. The van der Waals surface area contributed by atoms with Crippen LogP contribution >= 0.6 is 0 Å². The van der Waals surface area contributed by atoms with E-state index in [1.807, 2.05) is 0 Å². The topological polar surface area (TPSA) is 3.24 Å². The Morgan fingerprint density at radius 1 is 0.800 bits per heavy atom. The molecular weight excluding hydrogens is 182 g/mol. The molecule has 0 bridgehead atoms. The van der Waals surface area contributed by atoms with E-state index >= 15 is 0 Å². The summed E-state index contributed by atoms with van der Waals surface area (Å²) in [7, 11) is 0. The summed E-state index contributed by atoms with van der Waals surface area (Å²) in [5.41, 5.74) is 1.40. The van der Waals surface area contributed by atoms with Crippen molar-refractivity contribution in [3.05, 3.63) is 35.9 Å². The number of rotatable bonds is 4. The van der Waals surface area contributed by atoms with Crippen molar-refractivity contribution in [2.45, 2.75) is 52.7 Å². The summed E-state index contributed by atoms with van der Waals surface area (Å²) in [6, 6.07) is 12.4. The van der Waals surface area contributed by atoms with Gasteiger partial charge in [-0.2, -0.15) is 0 Å². The van der Waals surface area contributed by atoms with Crippen molar-refractivity contribution < 1.29 is 0 Å². The molecule has 1 unspecified atom stereocenters. The van der Waals surface area contributed by atoms with Crippen molar-refractivity contribution >= 4 is 0 Å². The standard InChI is InChI=1S/C14H23N/c1-11(2)15(12(3)4)13(5)14-9-7-6-8-10-14/h6-13H,1-5H3. The van der Waals surface area contributed by atoms with Crippen LogP contribution in [0.15, 0.2) is 30.3 Å². The SMILES string of the molecule is CC(C)N(C(C)C)C(C)c1ccccc1. The van der Waals surface area contributed by atoms with E-state index in [0.717, 1.165) is 0 Å². The molecule has 0 heterocycles. The van der Waals surface area contributed by atoms with Crippen LogP contribution in [0.25, 0.3) is 0 Å². The molecule has 0 aliphatic heterocycles. The summed E-state index contributed by atoms with van der Waals surface area (Å²) in [5, 5.41) is 0.